The molecule has 1 amide bonds. The lowest BCUT2D eigenvalue weighted by Crippen LogP contribution is -2.48. The lowest BCUT2D eigenvalue weighted by atomic mass is 9.91. The van der Waals surface area contributed by atoms with Crippen molar-refractivity contribution in [3.05, 3.63) is 40.8 Å². The molecule has 4 rings (SSSR count). The number of ether oxygens (including phenoxy) is 2. The lowest BCUT2D eigenvalue weighted by Gasteiger charge is -2.38. The average molecular weight is 450 g/mol. The number of nitriles is 1. The van der Waals surface area contributed by atoms with Gasteiger partial charge in [-0.05, 0) is 69.9 Å². The largest absolute Gasteiger partial charge is 0.474 e. The Morgan fingerprint density at radius 1 is 1.33 bits per heavy atom. The molecule has 8 nitrogen and oxygen atoms in total. The van der Waals surface area contributed by atoms with E-state index >= 15 is 0 Å². The van der Waals surface area contributed by atoms with Gasteiger partial charge in [0, 0.05) is 37.0 Å². The second-order valence-electron chi connectivity index (χ2n) is 9.46. The van der Waals surface area contributed by atoms with E-state index in [2.05, 4.69) is 21.4 Å². The molecule has 1 saturated carbocycles. The second-order valence-corrected chi connectivity index (χ2v) is 9.46. The van der Waals surface area contributed by atoms with Crippen LogP contribution in [0, 0.1) is 23.7 Å². The Labute approximate surface area is 195 Å². The summed E-state index contributed by atoms with van der Waals surface area (Å²) >= 11 is 0. The summed E-state index contributed by atoms with van der Waals surface area (Å²) in [5.41, 5.74) is 3.51. The fourth-order valence-corrected chi connectivity index (χ4v) is 4.40. The molecular formula is C25H31N5O3. The van der Waals surface area contributed by atoms with Gasteiger partial charge in [0.2, 0.25) is 5.88 Å². The van der Waals surface area contributed by atoms with Crippen molar-refractivity contribution >= 4 is 24.0 Å². The molecule has 1 atom stereocenters. The molecule has 1 aromatic carbocycles. The molecule has 0 radical (unpaired) electrons. The summed E-state index contributed by atoms with van der Waals surface area (Å²) in [6, 6.07) is 7.69. The van der Waals surface area contributed by atoms with Gasteiger partial charge in [0.25, 0.3) is 0 Å². The number of amides is 1. The molecular weight excluding hydrogens is 418 g/mol. The van der Waals surface area contributed by atoms with Crippen LogP contribution in [0.1, 0.15) is 57.6 Å². The van der Waals surface area contributed by atoms with Crippen molar-refractivity contribution in [3.63, 3.8) is 0 Å². The molecule has 1 unspecified atom stereocenters. The van der Waals surface area contributed by atoms with Gasteiger partial charge < -0.3 is 19.7 Å². The van der Waals surface area contributed by atoms with Crippen molar-refractivity contribution < 1.29 is 14.3 Å². The number of likely N-dealkylation sites (tertiary alicyclic amines) is 1. The first-order valence-electron chi connectivity index (χ1n) is 11.5. The maximum atomic E-state index is 12.4. The molecule has 1 aromatic rings. The minimum Gasteiger partial charge on any atom is -0.474 e. The molecule has 3 aliphatic rings. The number of piperidine rings is 1. The van der Waals surface area contributed by atoms with Crippen LogP contribution in [0.2, 0.25) is 0 Å². The third-order valence-electron chi connectivity index (χ3n) is 6.41. The molecule has 8 heteroatoms. The van der Waals surface area contributed by atoms with Gasteiger partial charge in [0.1, 0.15) is 18.3 Å². The van der Waals surface area contributed by atoms with E-state index in [-0.39, 0.29) is 23.7 Å². The van der Waals surface area contributed by atoms with E-state index in [9.17, 15) is 4.79 Å². The predicted octanol–water partition coefficient (Wildman–Crippen LogP) is 4.76. The number of nitrogens with zero attached hydrogens (tertiary/aromatic N) is 4. The summed E-state index contributed by atoms with van der Waals surface area (Å²) < 4.78 is 11.8. The first-order chi connectivity index (χ1) is 15.8. The van der Waals surface area contributed by atoms with E-state index in [0.717, 1.165) is 41.9 Å². The molecule has 2 heterocycles. The number of rotatable bonds is 4. The molecule has 0 aromatic heterocycles. The normalized spacial score (nSPS) is 21.4. The standard InChI is InChI=1S/C25H31N5O3/c1-16(2)32-24(31)30-10-7-21(25(14-30)8-9-25)33-23-18(4)12-22(27-15-28-23)29-20-6-5-19(13-26)11-17(20)3/h5-6,11,15-16,21H,7-10,12,14H2,1-4H3,(H,27,28,29). The van der Waals surface area contributed by atoms with Gasteiger partial charge in [-0.3, -0.25) is 0 Å². The maximum Gasteiger partial charge on any atom is 0.410 e. The lowest BCUT2D eigenvalue weighted by molar-refractivity contribution is -0.0171. The molecule has 174 valence electrons. The van der Waals surface area contributed by atoms with E-state index in [1.165, 1.54) is 6.34 Å². The quantitative estimate of drug-likeness (QED) is 0.715. The Morgan fingerprint density at radius 3 is 2.79 bits per heavy atom. The Balaban J connectivity index is 1.40. The van der Waals surface area contributed by atoms with Crippen LogP contribution in [0.3, 0.4) is 0 Å². The van der Waals surface area contributed by atoms with Crippen LogP contribution in [-0.2, 0) is 9.47 Å². The topological polar surface area (TPSA) is 99.3 Å². The maximum absolute atomic E-state index is 12.4. The number of hydrogen-bond donors (Lipinski definition) is 1. The van der Waals surface area contributed by atoms with Crippen LogP contribution in [0.5, 0.6) is 0 Å². The minimum atomic E-state index is -0.236. The van der Waals surface area contributed by atoms with Crippen LogP contribution in [0.25, 0.3) is 0 Å². The number of nitrogens with one attached hydrogen (secondary N) is 1. The molecule has 1 saturated heterocycles. The molecule has 2 aliphatic heterocycles. The Hall–Kier alpha value is -3.34. The molecule has 1 spiro atoms. The van der Waals surface area contributed by atoms with E-state index in [1.54, 1.807) is 6.07 Å². The Bertz CT molecular complexity index is 1060. The van der Waals surface area contributed by atoms with Crippen molar-refractivity contribution in [1.82, 2.24) is 4.90 Å². The number of hydrogen-bond acceptors (Lipinski definition) is 7. The number of benzene rings is 1. The van der Waals surface area contributed by atoms with Gasteiger partial charge in [-0.2, -0.15) is 5.26 Å². The summed E-state index contributed by atoms with van der Waals surface area (Å²) in [6.07, 6.45) is 4.63. The summed E-state index contributed by atoms with van der Waals surface area (Å²) in [6.45, 7) is 9.00. The molecule has 0 bridgehead atoms. The van der Waals surface area contributed by atoms with Crippen molar-refractivity contribution in [2.24, 2.45) is 15.4 Å². The van der Waals surface area contributed by atoms with Gasteiger partial charge in [-0.25, -0.2) is 14.8 Å². The van der Waals surface area contributed by atoms with Gasteiger partial charge in [-0.15, -0.1) is 0 Å². The summed E-state index contributed by atoms with van der Waals surface area (Å²) in [5.74, 6) is 1.39. The van der Waals surface area contributed by atoms with E-state index in [0.29, 0.717) is 31.0 Å². The van der Waals surface area contributed by atoms with Crippen molar-refractivity contribution in [3.8, 4) is 6.07 Å². The zero-order valence-corrected chi connectivity index (χ0v) is 19.7. The van der Waals surface area contributed by atoms with Crippen LogP contribution in [-0.4, -0.2) is 48.5 Å². The highest BCUT2D eigenvalue weighted by atomic mass is 16.6. The molecule has 1 N–H and O–H groups in total. The predicted molar refractivity (Wildman–Crippen MR) is 127 cm³/mol. The minimum absolute atomic E-state index is 0.00904. The van der Waals surface area contributed by atoms with E-state index in [4.69, 9.17) is 14.7 Å². The highest BCUT2D eigenvalue weighted by molar-refractivity contribution is 6.01. The molecule has 33 heavy (non-hydrogen) atoms. The van der Waals surface area contributed by atoms with Crippen molar-refractivity contribution in [2.45, 2.75) is 65.6 Å². The highest BCUT2D eigenvalue weighted by Crippen LogP contribution is 2.54. The number of aliphatic imine (C=N–C) groups is 2. The molecule has 1 aliphatic carbocycles. The van der Waals surface area contributed by atoms with Crippen LogP contribution in [0.4, 0.5) is 10.5 Å². The third kappa shape index (κ3) is 5.19. The summed E-state index contributed by atoms with van der Waals surface area (Å²) in [5, 5.41) is 12.4. The smallest absolute Gasteiger partial charge is 0.410 e. The zero-order chi connectivity index (χ0) is 23.6. The van der Waals surface area contributed by atoms with Gasteiger partial charge >= 0.3 is 6.09 Å². The van der Waals surface area contributed by atoms with Crippen LogP contribution < -0.4 is 5.32 Å². The van der Waals surface area contributed by atoms with Crippen LogP contribution in [0.15, 0.2) is 39.6 Å². The van der Waals surface area contributed by atoms with Crippen LogP contribution >= 0.6 is 0 Å². The SMILES string of the molecule is CC1=C(OC2CCN(C(=O)OC(C)C)CC23CC3)N=CN=C(Nc2ccc(C#N)cc2C)C1. The van der Waals surface area contributed by atoms with E-state index < -0.39 is 0 Å². The van der Waals surface area contributed by atoms with E-state index in [1.807, 2.05) is 44.7 Å². The van der Waals surface area contributed by atoms with Gasteiger partial charge in [0.15, 0.2) is 0 Å². The first-order valence-corrected chi connectivity index (χ1v) is 11.5. The number of carbonyl (C=O) groups is 1. The molecule has 2 fully saturated rings. The second kappa shape index (κ2) is 9.26. The zero-order valence-electron chi connectivity index (χ0n) is 19.7. The Kier molecular flexibility index (Phi) is 6.41. The number of anilines is 1. The third-order valence-corrected chi connectivity index (χ3v) is 6.41. The number of aryl methyl sites for hydroxylation is 1. The summed E-state index contributed by atoms with van der Waals surface area (Å²) in [4.78, 5) is 23.1. The Morgan fingerprint density at radius 2 is 2.12 bits per heavy atom. The fourth-order valence-electron chi connectivity index (χ4n) is 4.40. The monoisotopic (exact) mass is 449 g/mol. The average Bonchev–Trinajstić information content (AvgIpc) is 3.56. The van der Waals surface area contributed by atoms with Crippen molar-refractivity contribution in [2.75, 3.05) is 18.4 Å². The fraction of sp³-hybridized carbons (Fsp3) is 0.520. The van der Waals surface area contributed by atoms with Crippen molar-refractivity contribution in [1.29, 1.82) is 5.26 Å². The first kappa shape index (κ1) is 22.8. The number of amidine groups is 1. The highest BCUT2D eigenvalue weighted by Gasteiger charge is 2.55. The number of carbonyl (C=O) groups excluding carboxylic acids is 1. The summed E-state index contributed by atoms with van der Waals surface area (Å²) in [7, 11) is 0. The van der Waals surface area contributed by atoms with Gasteiger partial charge in [0.05, 0.1) is 17.7 Å². The van der Waals surface area contributed by atoms with Gasteiger partial charge in [-0.1, -0.05) is 0 Å².